The SMILES string of the molecule is COCc1cc(F)c(F)c(C2(CN)CC2)c1. The monoisotopic (exact) mass is 227 g/mol. The van der Waals surface area contributed by atoms with Crippen LogP contribution in [-0.2, 0) is 16.8 Å². The summed E-state index contributed by atoms with van der Waals surface area (Å²) in [5, 5.41) is 0. The molecule has 1 aromatic carbocycles. The normalized spacial score (nSPS) is 17.5. The third kappa shape index (κ3) is 1.83. The minimum absolute atomic E-state index is 0.283. The quantitative estimate of drug-likeness (QED) is 0.855. The molecular weight excluding hydrogens is 212 g/mol. The Morgan fingerprint density at radius 3 is 2.56 bits per heavy atom. The lowest BCUT2D eigenvalue weighted by atomic mass is 9.93. The predicted molar refractivity (Wildman–Crippen MR) is 57.0 cm³/mol. The molecule has 1 aromatic rings. The summed E-state index contributed by atoms with van der Waals surface area (Å²) >= 11 is 0. The van der Waals surface area contributed by atoms with Crippen molar-refractivity contribution in [2.45, 2.75) is 24.9 Å². The van der Waals surface area contributed by atoms with Crippen molar-refractivity contribution >= 4 is 0 Å². The molecule has 0 atom stereocenters. The number of hydrogen-bond donors (Lipinski definition) is 1. The summed E-state index contributed by atoms with van der Waals surface area (Å²) in [6.07, 6.45) is 1.66. The van der Waals surface area contributed by atoms with Gasteiger partial charge in [0.05, 0.1) is 6.61 Å². The molecule has 0 spiro atoms. The van der Waals surface area contributed by atoms with Crippen LogP contribution in [0.2, 0.25) is 0 Å². The van der Waals surface area contributed by atoms with Gasteiger partial charge in [-0.1, -0.05) is 0 Å². The summed E-state index contributed by atoms with van der Waals surface area (Å²) in [5.74, 6) is -1.58. The second-order valence-corrected chi connectivity index (χ2v) is 4.36. The van der Waals surface area contributed by atoms with Gasteiger partial charge in [0.1, 0.15) is 0 Å². The van der Waals surface area contributed by atoms with Crippen molar-refractivity contribution in [1.82, 2.24) is 0 Å². The first-order valence-electron chi connectivity index (χ1n) is 5.30. The van der Waals surface area contributed by atoms with Crippen LogP contribution >= 0.6 is 0 Å². The van der Waals surface area contributed by atoms with E-state index in [1.54, 1.807) is 6.07 Å². The Labute approximate surface area is 93.4 Å². The fourth-order valence-corrected chi connectivity index (χ4v) is 2.02. The largest absolute Gasteiger partial charge is 0.380 e. The Kier molecular flexibility index (Phi) is 2.95. The van der Waals surface area contributed by atoms with Crippen molar-refractivity contribution in [3.63, 3.8) is 0 Å². The van der Waals surface area contributed by atoms with Crippen molar-refractivity contribution in [3.8, 4) is 0 Å². The van der Waals surface area contributed by atoms with Crippen LogP contribution in [0.15, 0.2) is 12.1 Å². The van der Waals surface area contributed by atoms with E-state index in [0.29, 0.717) is 17.7 Å². The summed E-state index contributed by atoms with van der Waals surface area (Å²) in [5.41, 5.74) is 6.34. The molecule has 1 saturated carbocycles. The molecule has 2 rings (SSSR count). The van der Waals surface area contributed by atoms with Gasteiger partial charge in [0, 0.05) is 19.1 Å². The number of ether oxygens (including phenoxy) is 1. The van der Waals surface area contributed by atoms with E-state index < -0.39 is 11.6 Å². The van der Waals surface area contributed by atoms with Crippen LogP contribution in [0.25, 0.3) is 0 Å². The number of benzene rings is 1. The molecule has 0 aliphatic heterocycles. The second kappa shape index (κ2) is 4.11. The molecule has 1 aliphatic rings. The van der Waals surface area contributed by atoms with E-state index in [1.165, 1.54) is 13.2 Å². The second-order valence-electron chi connectivity index (χ2n) is 4.36. The molecule has 0 amide bonds. The number of halogens is 2. The zero-order valence-electron chi connectivity index (χ0n) is 9.22. The Balaban J connectivity index is 2.43. The Morgan fingerprint density at radius 1 is 1.38 bits per heavy atom. The van der Waals surface area contributed by atoms with E-state index in [9.17, 15) is 8.78 Å². The van der Waals surface area contributed by atoms with Crippen molar-refractivity contribution in [2.75, 3.05) is 13.7 Å². The molecule has 1 aliphatic carbocycles. The molecule has 4 heteroatoms. The molecule has 16 heavy (non-hydrogen) atoms. The van der Waals surface area contributed by atoms with Gasteiger partial charge in [-0.15, -0.1) is 0 Å². The van der Waals surface area contributed by atoms with E-state index in [2.05, 4.69) is 0 Å². The fraction of sp³-hybridized carbons (Fsp3) is 0.500. The van der Waals surface area contributed by atoms with E-state index in [1.807, 2.05) is 0 Å². The Hall–Kier alpha value is -1.00. The van der Waals surface area contributed by atoms with Gasteiger partial charge in [0.15, 0.2) is 11.6 Å². The minimum Gasteiger partial charge on any atom is -0.380 e. The lowest BCUT2D eigenvalue weighted by molar-refractivity contribution is 0.184. The maximum absolute atomic E-state index is 13.7. The highest BCUT2D eigenvalue weighted by Crippen LogP contribution is 2.48. The van der Waals surface area contributed by atoms with Crippen molar-refractivity contribution in [3.05, 3.63) is 34.9 Å². The van der Waals surface area contributed by atoms with Crippen LogP contribution in [0, 0.1) is 11.6 Å². The van der Waals surface area contributed by atoms with Gasteiger partial charge in [-0.05, 0) is 36.1 Å². The average Bonchev–Trinajstić information content (AvgIpc) is 3.04. The molecule has 2 nitrogen and oxygen atoms in total. The first kappa shape index (κ1) is 11.5. The summed E-state index contributed by atoms with van der Waals surface area (Å²) in [4.78, 5) is 0. The Morgan fingerprint density at radius 2 is 2.06 bits per heavy atom. The smallest absolute Gasteiger partial charge is 0.162 e. The average molecular weight is 227 g/mol. The van der Waals surface area contributed by atoms with E-state index in [-0.39, 0.29) is 12.0 Å². The molecule has 88 valence electrons. The molecule has 0 unspecified atom stereocenters. The standard InChI is InChI=1S/C12H15F2NO/c1-16-6-8-4-9(11(14)10(13)5-8)12(7-15)2-3-12/h4-5H,2-3,6-7,15H2,1H3. The van der Waals surface area contributed by atoms with Gasteiger partial charge in [-0.3, -0.25) is 0 Å². The third-order valence-electron chi connectivity index (χ3n) is 3.21. The maximum atomic E-state index is 13.7. The third-order valence-corrected chi connectivity index (χ3v) is 3.21. The maximum Gasteiger partial charge on any atom is 0.162 e. The van der Waals surface area contributed by atoms with Gasteiger partial charge < -0.3 is 10.5 Å². The Bertz CT molecular complexity index is 402. The summed E-state index contributed by atoms with van der Waals surface area (Å²) < 4.78 is 32.0. The molecular formula is C12H15F2NO. The van der Waals surface area contributed by atoms with Crippen LogP contribution in [0.1, 0.15) is 24.0 Å². The molecule has 0 saturated heterocycles. The van der Waals surface area contributed by atoms with E-state index in [4.69, 9.17) is 10.5 Å². The molecule has 0 bridgehead atoms. The molecule has 0 aromatic heterocycles. The predicted octanol–water partition coefficient (Wildman–Crippen LogP) is 2.10. The zero-order chi connectivity index (χ0) is 11.8. The van der Waals surface area contributed by atoms with Crippen molar-refractivity contribution in [2.24, 2.45) is 5.73 Å². The fourth-order valence-electron chi connectivity index (χ4n) is 2.02. The molecule has 0 radical (unpaired) electrons. The number of hydrogen-bond acceptors (Lipinski definition) is 2. The van der Waals surface area contributed by atoms with Gasteiger partial charge in [0.2, 0.25) is 0 Å². The first-order chi connectivity index (χ1) is 7.63. The van der Waals surface area contributed by atoms with Crippen LogP contribution in [0.5, 0.6) is 0 Å². The minimum atomic E-state index is -0.815. The first-order valence-corrected chi connectivity index (χ1v) is 5.30. The highest BCUT2D eigenvalue weighted by Gasteiger charge is 2.45. The lowest BCUT2D eigenvalue weighted by Crippen LogP contribution is -2.22. The number of methoxy groups -OCH3 is 1. The van der Waals surface area contributed by atoms with Crippen LogP contribution in [0.3, 0.4) is 0 Å². The summed E-state index contributed by atoms with van der Waals surface area (Å²) in [6, 6.07) is 2.84. The summed E-state index contributed by atoms with van der Waals surface area (Å²) in [7, 11) is 1.52. The lowest BCUT2D eigenvalue weighted by Gasteiger charge is -2.15. The number of nitrogens with two attached hydrogens (primary N) is 1. The van der Waals surface area contributed by atoms with Crippen LogP contribution < -0.4 is 5.73 Å². The van der Waals surface area contributed by atoms with Crippen LogP contribution in [0.4, 0.5) is 8.78 Å². The molecule has 0 heterocycles. The highest BCUT2D eigenvalue weighted by molar-refractivity contribution is 5.37. The van der Waals surface area contributed by atoms with E-state index >= 15 is 0 Å². The summed E-state index contributed by atoms with van der Waals surface area (Å²) in [6.45, 7) is 0.643. The van der Waals surface area contributed by atoms with Gasteiger partial charge >= 0.3 is 0 Å². The number of rotatable bonds is 4. The van der Waals surface area contributed by atoms with E-state index in [0.717, 1.165) is 12.8 Å². The van der Waals surface area contributed by atoms with Crippen molar-refractivity contribution < 1.29 is 13.5 Å². The topological polar surface area (TPSA) is 35.2 Å². The van der Waals surface area contributed by atoms with Crippen LogP contribution in [-0.4, -0.2) is 13.7 Å². The zero-order valence-corrected chi connectivity index (χ0v) is 9.22. The van der Waals surface area contributed by atoms with Gasteiger partial charge in [-0.25, -0.2) is 8.78 Å². The highest BCUT2D eigenvalue weighted by atomic mass is 19.2. The van der Waals surface area contributed by atoms with Crippen molar-refractivity contribution in [1.29, 1.82) is 0 Å². The van der Waals surface area contributed by atoms with Gasteiger partial charge in [0.25, 0.3) is 0 Å². The van der Waals surface area contributed by atoms with Gasteiger partial charge in [-0.2, -0.15) is 0 Å². The molecule has 1 fully saturated rings. The molecule has 2 N–H and O–H groups in total.